The SMILES string of the molecule is C=CCOC(=O)c1ccc(NC(=O)c2ccc(NC(=O)c3ccc(NC(=O)[C@H](CC#N)CC(=O)c4ccc(CC(=O)/C(C)=C/c5ccc(OP(=O)(OCC=C)OCC=C)cc5)cc4)cc3)c(OC)c2OCC=C)c(OC)c1OCC=C. The lowest BCUT2D eigenvalue weighted by Crippen LogP contribution is -2.25. The summed E-state index contributed by atoms with van der Waals surface area (Å²) in [5.74, 6) is -3.99. The smallest absolute Gasteiger partial charge is 0.491 e. The molecule has 0 heterocycles. The number of benzene rings is 5. The van der Waals surface area contributed by atoms with Gasteiger partial charge < -0.3 is 44.2 Å². The highest BCUT2D eigenvalue weighted by atomic mass is 31.2. The molecule has 0 radical (unpaired) electrons. The van der Waals surface area contributed by atoms with Crippen molar-refractivity contribution >= 4 is 66.2 Å². The predicted octanol–water partition coefficient (Wildman–Crippen LogP) is 11.5. The summed E-state index contributed by atoms with van der Waals surface area (Å²) < 4.78 is 57.0. The van der Waals surface area contributed by atoms with Gasteiger partial charge in [0, 0.05) is 36.1 Å². The Balaban J connectivity index is 1.21. The van der Waals surface area contributed by atoms with E-state index in [9.17, 15) is 38.6 Å². The number of phosphoric acid groups is 1. The largest absolute Gasteiger partial charge is 0.530 e. The summed E-state index contributed by atoms with van der Waals surface area (Å²) in [7, 11) is -1.28. The highest BCUT2D eigenvalue weighted by Gasteiger charge is 2.29. The standard InChI is InChI=1S/C61H61N4O15P/c1-9-32-75-54-48(60(70)65-51-29-27-49(61(71)77-34-11-3)55(57(51)74-8)76-33-10-2)26-28-50(56(54)73-7)64-58(68)44-20-22-46(23-21-44)63-59(69)45(30-31-62)39-53(67)43-18-14-42(15-19-43)38-52(66)40(6)37-41-16-24-47(25-17-41)80-81(72,78-35-12-4)79-36-13-5/h9-29,37,45H,1-5,30,32-36,38-39H2,6-8H3,(H,63,69)(H,64,68)(H,65,70)/b40-37+/t45-/m1/s1. The van der Waals surface area contributed by atoms with Gasteiger partial charge in [-0.1, -0.05) is 86.5 Å². The van der Waals surface area contributed by atoms with Gasteiger partial charge in [0.1, 0.15) is 31.1 Å². The zero-order valence-corrected chi connectivity index (χ0v) is 45.9. The number of carbonyl (C=O) groups excluding carboxylic acids is 6. The Hall–Kier alpha value is -9.60. The number of hydrogen-bond acceptors (Lipinski definition) is 16. The highest BCUT2D eigenvalue weighted by Crippen LogP contribution is 2.49. The monoisotopic (exact) mass is 1120 g/mol. The molecule has 0 spiro atoms. The van der Waals surface area contributed by atoms with Gasteiger partial charge >= 0.3 is 13.8 Å². The van der Waals surface area contributed by atoms with E-state index in [-0.39, 0.29) is 126 Å². The number of esters is 1. The molecule has 5 rings (SSSR count). The Bertz CT molecular complexity index is 3260. The van der Waals surface area contributed by atoms with Crippen LogP contribution in [0, 0.1) is 17.2 Å². The molecule has 81 heavy (non-hydrogen) atoms. The number of anilines is 3. The first kappa shape index (κ1) is 62.2. The van der Waals surface area contributed by atoms with Crippen molar-refractivity contribution in [3.63, 3.8) is 0 Å². The fourth-order valence-corrected chi connectivity index (χ4v) is 8.62. The van der Waals surface area contributed by atoms with Crippen LogP contribution in [-0.2, 0) is 34.4 Å². The number of ether oxygens (including phenoxy) is 5. The molecule has 0 unspecified atom stereocenters. The van der Waals surface area contributed by atoms with Gasteiger partial charge in [-0.3, -0.25) is 33.0 Å². The molecule has 5 aromatic carbocycles. The number of amides is 3. The van der Waals surface area contributed by atoms with Gasteiger partial charge in [0.05, 0.1) is 56.4 Å². The topological polar surface area (TPSA) is 253 Å². The van der Waals surface area contributed by atoms with Crippen LogP contribution in [0.4, 0.5) is 17.1 Å². The van der Waals surface area contributed by atoms with Crippen molar-refractivity contribution in [3.05, 3.63) is 199 Å². The van der Waals surface area contributed by atoms with Crippen molar-refractivity contribution in [1.29, 1.82) is 5.26 Å². The van der Waals surface area contributed by atoms with E-state index in [0.29, 0.717) is 16.7 Å². The van der Waals surface area contributed by atoms with Crippen LogP contribution in [0.2, 0.25) is 0 Å². The third-order valence-corrected chi connectivity index (χ3v) is 12.8. The van der Waals surface area contributed by atoms with Gasteiger partial charge in [-0.25, -0.2) is 9.36 Å². The van der Waals surface area contributed by atoms with E-state index in [4.69, 9.17) is 37.3 Å². The number of ketones is 2. The molecule has 3 N–H and O–H groups in total. The van der Waals surface area contributed by atoms with Gasteiger partial charge in [0.25, 0.3) is 11.8 Å². The molecule has 0 aliphatic rings. The number of Topliss-reactive ketones (excluding diaryl/α,β-unsaturated/α-hetero) is 2. The van der Waals surface area contributed by atoms with Crippen LogP contribution >= 0.6 is 7.82 Å². The molecule has 1 atom stereocenters. The molecular formula is C61H61N4O15P. The third kappa shape index (κ3) is 17.7. The zero-order valence-electron chi connectivity index (χ0n) is 45.0. The molecule has 420 valence electrons. The minimum atomic E-state index is -3.94. The summed E-state index contributed by atoms with van der Waals surface area (Å²) in [4.78, 5) is 80.6. The molecule has 0 aliphatic carbocycles. The van der Waals surface area contributed by atoms with Crippen molar-refractivity contribution in [1.82, 2.24) is 0 Å². The molecule has 19 nitrogen and oxygen atoms in total. The maximum atomic E-state index is 14.0. The average Bonchev–Trinajstić information content (AvgIpc) is 3.52. The van der Waals surface area contributed by atoms with E-state index in [1.807, 2.05) is 6.07 Å². The lowest BCUT2D eigenvalue weighted by atomic mass is 9.94. The van der Waals surface area contributed by atoms with Gasteiger partial charge in [-0.05, 0) is 90.4 Å². The Kier molecular flexibility index (Phi) is 23.9. The molecule has 0 saturated carbocycles. The van der Waals surface area contributed by atoms with Gasteiger partial charge in [0.2, 0.25) is 5.91 Å². The van der Waals surface area contributed by atoms with Gasteiger partial charge in [0.15, 0.2) is 34.6 Å². The Morgan fingerprint density at radius 2 is 1.15 bits per heavy atom. The lowest BCUT2D eigenvalue weighted by molar-refractivity contribution is -0.119. The van der Waals surface area contributed by atoms with E-state index in [0.717, 1.165) is 0 Å². The van der Waals surface area contributed by atoms with E-state index in [2.05, 4.69) is 48.8 Å². The molecule has 20 heteroatoms. The molecule has 0 bridgehead atoms. The van der Waals surface area contributed by atoms with Crippen LogP contribution in [0.15, 0.2) is 166 Å². The number of allylic oxidation sites excluding steroid dienone is 1. The van der Waals surface area contributed by atoms with Crippen LogP contribution in [0.1, 0.15) is 72.3 Å². The predicted molar refractivity (Wildman–Crippen MR) is 307 cm³/mol. The molecule has 0 aromatic heterocycles. The molecule has 3 amide bonds. The van der Waals surface area contributed by atoms with Crippen LogP contribution < -0.4 is 39.4 Å². The molecule has 0 aliphatic heterocycles. The Morgan fingerprint density at radius 3 is 1.69 bits per heavy atom. The fourth-order valence-electron chi connectivity index (χ4n) is 7.49. The maximum absolute atomic E-state index is 14.0. The highest BCUT2D eigenvalue weighted by molar-refractivity contribution is 7.48. The number of methoxy groups -OCH3 is 2. The van der Waals surface area contributed by atoms with E-state index >= 15 is 0 Å². The first-order valence-corrected chi connectivity index (χ1v) is 26.3. The van der Waals surface area contributed by atoms with E-state index in [1.54, 1.807) is 61.5 Å². The second-order valence-corrected chi connectivity index (χ2v) is 18.8. The first-order chi connectivity index (χ1) is 39.0. The summed E-state index contributed by atoms with van der Waals surface area (Å²) in [6, 6.07) is 26.4. The van der Waals surface area contributed by atoms with E-state index < -0.39 is 43.2 Å². The molecular weight excluding hydrogens is 1060 g/mol. The van der Waals surface area contributed by atoms with Gasteiger partial charge in [-0.15, -0.1) is 13.2 Å². The number of nitrogens with one attached hydrogen (secondary N) is 3. The van der Waals surface area contributed by atoms with Crippen LogP contribution in [0.3, 0.4) is 0 Å². The van der Waals surface area contributed by atoms with Crippen molar-refractivity contribution in [2.24, 2.45) is 5.92 Å². The second kappa shape index (κ2) is 31.1. The lowest BCUT2D eigenvalue weighted by Gasteiger charge is -2.20. The molecule has 5 aromatic rings. The summed E-state index contributed by atoms with van der Waals surface area (Å²) in [5.41, 5.74) is 2.80. The number of nitriles is 1. The first-order valence-electron chi connectivity index (χ1n) is 24.9. The van der Waals surface area contributed by atoms with Crippen molar-refractivity contribution in [3.8, 4) is 34.8 Å². The maximum Gasteiger partial charge on any atom is 0.530 e. The van der Waals surface area contributed by atoms with Crippen molar-refractivity contribution in [2.75, 3.05) is 63.2 Å². The molecule has 0 saturated heterocycles. The zero-order chi connectivity index (χ0) is 58.9. The third-order valence-electron chi connectivity index (χ3n) is 11.4. The number of hydrogen-bond donors (Lipinski definition) is 3. The van der Waals surface area contributed by atoms with Crippen LogP contribution in [-0.4, -0.2) is 82.5 Å². The quantitative estimate of drug-likeness (QED) is 0.0116. The Morgan fingerprint density at radius 1 is 0.617 bits per heavy atom. The Labute approximate surface area is 469 Å². The normalized spacial score (nSPS) is 11.3. The average molecular weight is 1120 g/mol. The number of rotatable bonds is 33. The summed E-state index contributed by atoms with van der Waals surface area (Å²) in [6.45, 7) is 19.4. The van der Waals surface area contributed by atoms with Crippen molar-refractivity contribution < 1.29 is 70.6 Å². The summed E-state index contributed by atoms with van der Waals surface area (Å²) in [6.07, 6.45) is 8.33. The second-order valence-electron chi connectivity index (χ2n) is 17.2. The van der Waals surface area contributed by atoms with Crippen LogP contribution in [0.5, 0.6) is 28.7 Å². The minimum absolute atomic E-state index is 0.00154. The van der Waals surface area contributed by atoms with E-state index in [1.165, 1.54) is 93.1 Å². The number of nitrogens with zero attached hydrogens (tertiary/aromatic N) is 1. The van der Waals surface area contributed by atoms with Gasteiger partial charge in [-0.2, -0.15) is 5.26 Å². The summed E-state index contributed by atoms with van der Waals surface area (Å²) in [5, 5.41) is 17.8. The number of carbonyl (C=O) groups is 6. The fraction of sp³-hybridized carbons (Fsp3) is 0.197. The minimum Gasteiger partial charge on any atom is -0.491 e. The number of phosphoric ester groups is 1. The molecule has 0 fully saturated rings. The summed E-state index contributed by atoms with van der Waals surface area (Å²) >= 11 is 0. The van der Waals surface area contributed by atoms with Crippen LogP contribution in [0.25, 0.3) is 6.08 Å². The van der Waals surface area contributed by atoms with Crippen molar-refractivity contribution in [2.45, 2.75) is 26.2 Å².